The van der Waals surface area contributed by atoms with Gasteiger partial charge in [-0.2, -0.15) is 13.2 Å². The van der Waals surface area contributed by atoms with Gasteiger partial charge in [-0.15, -0.1) is 0 Å². The van der Waals surface area contributed by atoms with Crippen LogP contribution in [0.4, 0.5) is 18.9 Å². The fourth-order valence-electron chi connectivity index (χ4n) is 1.86. The second-order valence-electron chi connectivity index (χ2n) is 5.39. The van der Waals surface area contributed by atoms with Crippen molar-refractivity contribution in [1.29, 1.82) is 0 Å². The van der Waals surface area contributed by atoms with Crippen molar-refractivity contribution >= 4 is 21.6 Å². The van der Waals surface area contributed by atoms with E-state index in [2.05, 4.69) is 0 Å². The van der Waals surface area contributed by atoms with Crippen molar-refractivity contribution in [3.05, 3.63) is 48.7 Å². The van der Waals surface area contributed by atoms with Crippen LogP contribution in [0, 0.1) is 0 Å². The van der Waals surface area contributed by atoms with E-state index in [4.69, 9.17) is 0 Å². The second-order valence-corrected chi connectivity index (χ2v) is 7.28. The van der Waals surface area contributed by atoms with E-state index in [0.717, 1.165) is 28.6 Å². The number of halogens is 3. The van der Waals surface area contributed by atoms with Crippen LogP contribution in [0.25, 0.3) is 0 Å². The first-order valence-corrected chi connectivity index (χ1v) is 8.46. The van der Waals surface area contributed by atoms with Gasteiger partial charge in [0.05, 0.1) is 11.4 Å². The number of aliphatic hydroxyl groups is 1. The molecule has 0 radical (unpaired) electrons. The van der Waals surface area contributed by atoms with E-state index in [1.54, 1.807) is 18.2 Å². The van der Waals surface area contributed by atoms with Gasteiger partial charge >= 0.3 is 6.18 Å². The lowest BCUT2D eigenvalue weighted by Gasteiger charge is -2.25. The molecule has 0 fully saturated rings. The highest BCUT2D eigenvalue weighted by Gasteiger charge is 2.55. The summed E-state index contributed by atoms with van der Waals surface area (Å²) < 4.78 is 63.7. The minimum Gasteiger partial charge on any atom is -0.373 e. The zero-order valence-electron chi connectivity index (χ0n) is 13.0. The van der Waals surface area contributed by atoms with Crippen molar-refractivity contribution < 1.29 is 31.5 Å². The van der Waals surface area contributed by atoms with E-state index >= 15 is 0 Å². The van der Waals surface area contributed by atoms with Gasteiger partial charge in [-0.25, -0.2) is 8.42 Å². The lowest BCUT2D eigenvalue weighted by molar-refractivity contribution is -0.242. The molecule has 0 saturated carbocycles. The van der Waals surface area contributed by atoms with Crippen LogP contribution in [0.15, 0.2) is 53.6 Å². The number of alkyl halides is 3. The maximum atomic E-state index is 12.6. The number of carbonyl (C=O) groups excluding carboxylic acids is 1. The normalized spacial score (nSPS) is 17.2. The number of rotatable bonds is 4. The fourth-order valence-corrected chi connectivity index (χ4v) is 3.12. The summed E-state index contributed by atoms with van der Waals surface area (Å²) in [6.45, 7) is 0.489. The SMILES string of the molecule is CC(O)(C(=O)Nc1ccc(S(=O)(=O)N2C=CC=CC2)cc1)C(F)(F)F. The second kappa shape index (κ2) is 6.52. The predicted molar refractivity (Wildman–Crippen MR) is 83.9 cm³/mol. The highest BCUT2D eigenvalue weighted by Crippen LogP contribution is 2.31. The molecule has 2 N–H and O–H groups in total. The van der Waals surface area contributed by atoms with E-state index in [-0.39, 0.29) is 17.1 Å². The van der Waals surface area contributed by atoms with Crippen LogP contribution in [0.2, 0.25) is 0 Å². The van der Waals surface area contributed by atoms with Crippen molar-refractivity contribution in [2.45, 2.75) is 23.6 Å². The number of anilines is 1. The quantitative estimate of drug-likeness (QED) is 0.842. The Morgan fingerprint density at radius 1 is 1.20 bits per heavy atom. The number of nitrogens with one attached hydrogen (secondary N) is 1. The number of nitrogens with zero attached hydrogens (tertiary/aromatic N) is 1. The van der Waals surface area contributed by atoms with Crippen LogP contribution < -0.4 is 5.32 Å². The highest BCUT2D eigenvalue weighted by molar-refractivity contribution is 7.89. The summed E-state index contributed by atoms with van der Waals surface area (Å²) in [5, 5.41) is 11.2. The molecule has 1 aromatic rings. The minimum atomic E-state index is -5.14. The van der Waals surface area contributed by atoms with Crippen molar-refractivity contribution in [3.63, 3.8) is 0 Å². The maximum absolute atomic E-state index is 12.6. The molecule has 0 aromatic heterocycles. The van der Waals surface area contributed by atoms with Crippen molar-refractivity contribution in [2.75, 3.05) is 11.9 Å². The standard InChI is InChI=1S/C15H15F3N2O4S/c1-14(22,15(16,17)18)13(21)19-11-5-7-12(8-6-11)25(23,24)20-9-3-2-4-10-20/h2-9,22H,10H2,1H3,(H,19,21). The molecule has 6 nitrogen and oxygen atoms in total. The van der Waals surface area contributed by atoms with Gasteiger partial charge in [0.15, 0.2) is 0 Å². The van der Waals surface area contributed by atoms with Gasteiger partial charge in [0, 0.05) is 11.9 Å². The number of allylic oxidation sites excluding steroid dienone is 2. The number of sulfonamides is 1. The third-order valence-corrected chi connectivity index (χ3v) is 5.25. The van der Waals surface area contributed by atoms with Gasteiger partial charge in [-0.05, 0) is 37.3 Å². The Balaban J connectivity index is 2.16. The molecule has 10 heteroatoms. The Morgan fingerprint density at radius 3 is 2.28 bits per heavy atom. The molecular formula is C15H15F3N2O4S. The first-order chi connectivity index (χ1) is 11.5. The first-order valence-electron chi connectivity index (χ1n) is 7.02. The van der Waals surface area contributed by atoms with E-state index in [0.29, 0.717) is 6.92 Å². The summed E-state index contributed by atoms with van der Waals surface area (Å²) in [6.07, 6.45) is 1.12. The van der Waals surface area contributed by atoms with Crippen molar-refractivity contribution in [1.82, 2.24) is 4.31 Å². The molecule has 1 heterocycles. The first kappa shape index (κ1) is 19.0. The Bertz CT molecular complexity index is 812. The number of carbonyl (C=O) groups is 1. The molecule has 25 heavy (non-hydrogen) atoms. The van der Waals surface area contributed by atoms with Crippen molar-refractivity contribution in [3.8, 4) is 0 Å². The van der Waals surface area contributed by atoms with Gasteiger partial charge in [-0.1, -0.05) is 12.2 Å². The van der Waals surface area contributed by atoms with E-state index in [1.165, 1.54) is 6.20 Å². The Kier molecular flexibility index (Phi) is 4.96. The third-order valence-electron chi connectivity index (χ3n) is 3.50. The maximum Gasteiger partial charge on any atom is 0.426 e. The number of benzene rings is 1. The zero-order chi connectivity index (χ0) is 18.9. The molecule has 1 unspecified atom stereocenters. The van der Waals surface area contributed by atoms with Crippen LogP contribution in [0.5, 0.6) is 0 Å². The molecular weight excluding hydrogens is 361 g/mol. The summed E-state index contributed by atoms with van der Waals surface area (Å²) in [7, 11) is -3.81. The molecule has 0 aliphatic carbocycles. The average molecular weight is 376 g/mol. The Labute approximate surface area is 142 Å². The van der Waals surface area contributed by atoms with Crippen LogP contribution in [-0.2, 0) is 14.8 Å². The molecule has 1 aliphatic rings. The molecule has 0 spiro atoms. The molecule has 136 valence electrons. The molecule has 1 atom stereocenters. The van der Waals surface area contributed by atoms with E-state index in [9.17, 15) is 31.5 Å². The molecule has 0 saturated heterocycles. The Morgan fingerprint density at radius 2 is 1.80 bits per heavy atom. The van der Waals surface area contributed by atoms with Crippen LogP contribution in [0.3, 0.4) is 0 Å². The summed E-state index contributed by atoms with van der Waals surface area (Å²) >= 11 is 0. The van der Waals surface area contributed by atoms with Crippen molar-refractivity contribution in [2.24, 2.45) is 0 Å². The van der Waals surface area contributed by atoms with Gasteiger partial charge in [-0.3, -0.25) is 9.10 Å². The minimum absolute atomic E-state index is 0.0810. The summed E-state index contributed by atoms with van der Waals surface area (Å²) in [5.74, 6) is -1.67. The van der Waals surface area contributed by atoms with Gasteiger partial charge in [0.25, 0.3) is 15.9 Å². The topological polar surface area (TPSA) is 86.7 Å². The largest absolute Gasteiger partial charge is 0.426 e. The predicted octanol–water partition coefficient (Wildman–Crippen LogP) is 2.01. The lowest BCUT2D eigenvalue weighted by Crippen LogP contribution is -2.52. The molecule has 1 amide bonds. The van der Waals surface area contributed by atoms with E-state index in [1.807, 2.05) is 5.32 Å². The monoisotopic (exact) mass is 376 g/mol. The highest BCUT2D eigenvalue weighted by atomic mass is 32.2. The van der Waals surface area contributed by atoms with Gasteiger partial charge in [0.1, 0.15) is 0 Å². The summed E-state index contributed by atoms with van der Waals surface area (Å²) in [4.78, 5) is 11.5. The summed E-state index contributed by atoms with van der Waals surface area (Å²) in [6, 6.07) is 4.58. The smallest absolute Gasteiger partial charge is 0.373 e. The van der Waals surface area contributed by atoms with Crippen LogP contribution >= 0.6 is 0 Å². The molecule has 2 rings (SSSR count). The van der Waals surface area contributed by atoms with Gasteiger partial charge in [0.2, 0.25) is 5.60 Å². The van der Waals surface area contributed by atoms with Crippen LogP contribution in [0.1, 0.15) is 6.92 Å². The fraction of sp³-hybridized carbons (Fsp3) is 0.267. The molecule has 1 aromatic carbocycles. The van der Waals surface area contributed by atoms with E-state index < -0.39 is 27.7 Å². The lowest BCUT2D eigenvalue weighted by atomic mass is 10.1. The summed E-state index contributed by atoms with van der Waals surface area (Å²) in [5.41, 5.74) is -3.65. The van der Waals surface area contributed by atoms with Crippen LogP contribution in [-0.4, -0.2) is 42.1 Å². The number of amides is 1. The molecule has 0 bridgehead atoms. The molecule has 1 aliphatic heterocycles. The Hall–Kier alpha value is -2.33. The number of hydrogen-bond acceptors (Lipinski definition) is 4. The third kappa shape index (κ3) is 3.85. The average Bonchev–Trinajstić information content (AvgIpc) is 2.55. The zero-order valence-corrected chi connectivity index (χ0v) is 13.8. The number of hydrogen-bond donors (Lipinski definition) is 2. The van der Waals surface area contributed by atoms with Gasteiger partial charge < -0.3 is 10.4 Å².